The van der Waals surface area contributed by atoms with Crippen LogP contribution in [0.5, 0.6) is 5.75 Å². The zero-order chi connectivity index (χ0) is 37.0. The molecule has 286 valence electrons. The monoisotopic (exact) mass is 726 g/mol. The van der Waals surface area contributed by atoms with Crippen LogP contribution >= 0.6 is 0 Å². The topological polar surface area (TPSA) is 109 Å². The Bertz CT molecular complexity index is 1740. The van der Waals surface area contributed by atoms with Crippen LogP contribution in [-0.4, -0.2) is 64.0 Å². The van der Waals surface area contributed by atoms with Crippen molar-refractivity contribution in [1.29, 1.82) is 0 Å². The van der Waals surface area contributed by atoms with E-state index in [9.17, 15) is 14.7 Å². The van der Waals surface area contributed by atoms with Crippen molar-refractivity contribution in [3.63, 3.8) is 0 Å². The van der Waals surface area contributed by atoms with Crippen LogP contribution in [0.3, 0.4) is 0 Å². The summed E-state index contributed by atoms with van der Waals surface area (Å²) in [6.45, 7) is 8.79. The number of esters is 1. The van der Waals surface area contributed by atoms with E-state index in [4.69, 9.17) is 24.0 Å². The minimum Gasteiger partial charge on any atom is -0.490 e. The Labute approximate surface area is 314 Å². The number of aliphatic hydroxyl groups excluding tert-OH is 1. The minimum atomic E-state index is -1.25. The lowest BCUT2D eigenvalue weighted by Crippen LogP contribution is -2.64. The van der Waals surface area contributed by atoms with Gasteiger partial charge in [0.15, 0.2) is 18.5 Å². The Morgan fingerprint density at radius 1 is 1.08 bits per heavy atom. The first-order valence-corrected chi connectivity index (χ1v) is 20.5. The van der Waals surface area contributed by atoms with Crippen LogP contribution in [0.1, 0.15) is 116 Å². The van der Waals surface area contributed by atoms with Crippen molar-refractivity contribution in [2.45, 2.75) is 135 Å². The van der Waals surface area contributed by atoms with E-state index in [1.165, 1.54) is 17.6 Å². The van der Waals surface area contributed by atoms with Gasteiger partial charge in [0.1, 0.15) is 12.4 Å². The number of nitrogens with zero attached hydrogens (tertiary/aromatic N) is 2. The summed E-state index contributed by atoms with van der Waals surface area (Å²) in [6.07, 6.45) is 18.3. The lowest BCUT2D eigenvalue weighted by molar-refractivity contribution is -0.212. The number of hydrogen-bond donors (Lipinski definition) is 1. The number of benzene rings is 1. The van der Waals surface area contributed by atoms with Crippen LogP contribution < -0.4 is 4.74 Å². The van der Waals surface area contributed by atoms with Crippen molar-refractivity contribution in [1.82, 2.24) is 9.78 Å². The third kappa shape index (κ3) is 6.04. The van der Waals surface area contributed by atoms with E-state index in [0.29, 0.717) is 19.4 Å². The fourth-order valence-electron chi connectivity index (χ4n) is 11.9. The van der Waals surface area contributed by atoms with E-state index < -0.39 is 29.5 Å². The molecular formula is C44H58N2O7. The summed E-state index contributed by atoms with van der Waals surface area (Å²) in [5, 5.41) is 17.3. The minimum absolute atomic E-state index is 0.0257. The molecule has 4 saturated carbocycles. The van der Waals surface area contributed by atoms with Gasteiger partial charge >= 0.3 is 5.97 Å². The Balaban J connectivity index is 1.06. The fourth-order valence-corrected chi connectivity index (χ4v) is 11.9. The van der Waals surface area contributed by atoms with Crippen LogP contribution in [0, 0.1) is 34.5 Å². The first-order chi connectivity index (χ1) is 25.6. The number of carbonyl (C=O) groups excluding carboxylic acids is 2. The third-order valence-corrected chi connectivity index (χ3v) is 14.3. The average Bonchev–Trinajstić information content (AvgIpc) is 3.81. The quantitative estimate of drug-likeness (QED) is 0.184. The second-order valence-electron chi connectivity index (χ2n) is 17.3. The maximum Gasteiger partial charge on any atom is 0.306 e. The van der Waals surface area contributed by atoms with Crippen molar-refractivity contribution in [3.05, 3.63) is 59.4 Å². The van der Waals surface area contributed by atoms with Gasteiger partial charge in [0, 0.05) is 17.8 Å². The molecule has 1 N–H and O–H groups in total. The van der Waals surface area contributed by atoms with Gasteiger partial charge in [-0.2, -0.15) is 5.10 Å². The van der Waals surface area contributed by atoms with Crippen molar-refractivity contribution in [2.24, 2.45) is 34.5 Å². The molecule has 2 heterocycles. The van der Waals surface area contributed by atoms with E-state index in [1.54, 1.807) is 0 Å². The van der Waals surface area contributed by atoms with Gasteiger partial charge in [-0.15, -0.1) is 0 Å². The van der Waals surface area contributed by atoms with Gasteiger partial charge in [0.05, 0.1) is 29.8 Å². The van der Waals surface area contributed by atoms with Gasteiger partial charge in [-0.25, -0.2) is 4.68 Å². The molecule has 1 saturated heterocycles. The fraction of sp³-hybridized carbons (Fsp3) is 0.659. The highest BCUT2D eigenvalue weighted by molar-refractivity contribution is 5.92. The van der Waals surface area contributed by atoms with Crippen LogP contribution in [0.25, 0.3) is 11.8 Å². The number of fused-ring (bicyclic) bond motifs is 8. The summed E-state index contributed by atoms with van der Waals surface area (Å²) in [5.41, 5.74) is 2.51. The van der Waals surface area contributed by atoms with Gasteiger partial charge in [-0.05, 0) is 117 Å². The number of ketones is 1. The highest BCUT2D eigenvalue weighted by atomic mass is 16.7. The summed E-state index contributed by atoms with van der Waals surface area (Å²) >= 11 is 0. The standard InChI is InChI=1S/C44H58N2O7/c1-5-7-11-21-50-32-18-16-31(17-19-32)46-35-22-30-15-20-33-34-23-38-44(37(48)27-51-39(49)12-6-2,53-41(52-38)28-13-9-8-10-14-28)43(34,4)25-36(47)40(33)42(30,3)24-29(35)26-45-46/h7,11,16-19,22,26,28,33-34,36,38,40-41,47H,5-6,8-10,12-15,20-21,23-25,27H2,1-4H3/b11-7+/t33-,34-,36-,38+,40+,41?,42-,43-,44+/m0/s1. The zero-order valence-corrected chi connectivity index (χ0v) is 32.1. The molecule has 9 nitrogen and oxygen atoms in total. The average molecular weight is 727 g/mol. The van der Waals surface area contributed by atoms with Gasteiger partial charge in [0.2, 0.25) is 5.78 Å². The largest absolute Gasteiger partial charge is 0.490 e. The number of Topliss-reactive ketones (excluding diaryl/α,β-unsaturated/α-hetero) is 1. The molecule has 6 aliphatic rings. The number of rotatable bonds is 11. The van der Waals surface area contributed by atoms with Crippen LogP contribution in [-0.2, 0) is 30.2 Å². The second-order valence-corrected chi connectivity index (χ2v) is 17.3. The Hall–Kier alpha value is -3.27. The number of allylic oxidation sites excluding steroid dienone is 2. The Morgan fingerprint density at radius 2 is 1.87 bits per heavy atom. The molecule has 0 amide bonds. The van der Waals surface area contributed by atoms with E-state index >= 15 is 0 Å². The molecule has 0 bridgehead atoms. The van der Waals surface area contributed by atoms with Crippen LogP contribution in [0.15, 0.2) is 48.2 Å². The molecule has 9 atom stereocenters. The van der Waals surface area contributed by atoms with Gasteiger partial charge < -0.3 is 24.1 Å². The molecule has 0 spiro atoms. The normalized spacial score (nSPS) is 36.2. The predicted molar refractivity (Wildman–Crippen MR) is 201 cm³/mol. The van der Waals surface area contributed by atoms with E-state index in [1.807, 2.05) is 36.0 Å². The molecule has 9 heteroatoms. The first kappa shape index (κ1) is 36.7. The molecule has 53 heavy (non-hydrogen) atoms. The molecule has 1 unspecified atom stereocenters. The van der Waals surface area contributed by atoms with Crippen molar-refractivity contribution >= 4 is 17.8 Å². The van der Waals surface area contributed by atoms with Gasteiger partial charge in [-0.1, -0.05) is 64.7 Å². The molecule has 5 aliphatic carbocycles. The third-order valence-electron chi connectivity index (χ3n) is 14.3. The molecule has 1 aliphatic heterocycles. The lowest BCUT2D eigenvalue weighted by atomic mass is 9.45. The summed E-state index contributed by atoms with van der Waals surface area (Å²) in [4.78, 5) is 27.0. The maximum absolute atomic E-state index is 14.6. The Kier molecular flexibility index (Phi) is 9.99. The van der Waals surface area contributed by atoms with Crippen LogP contribution in [0.4, 0.5) is 0 Å². The molecule has 1 aromatic heterocycles. The van der Waals surface area contributed by atoms with Gasteiger partial charge in [0.25, 0.3) is 0 Å². The maximum atomic E-state index is 14.6. The summed E-state index contributed by atoms with van der Waals surface area (Å²) < 4.78 is 27.3. The molecule has 0 radical (unpaired) electrons. The first-order valence-electron chi connectivity index (χ1n) is 20.5. The number of carbonyl (C=O) groups is 2. The lowest BCUT2D eigenvalue weighted by Gasteiger charge is -2.60. The SMILES string of the molecule is CC/C=C/COc1ccc(-n2ncc3c2C=C2CC[C@@H]4[C@H]([C@@H](O)C[C@@]5(C)[C@H]4C[C@H]4OC(C6CCCCC6)O[C@]45C(=O)COC(=O)CCC)[C@@]2(C)C3)cc1. The second kappa shape index (κ2) is 14.4. The molecule has 1 aromatic carbocycles. The van der Waals surface area contributed by atoms with Crippen molar-refractivity contribution in [3.8, 4) is 11.4 Å². The number of aliphatic hydroxyl groups is 1. The summed E-state index contributed by atoms with van der Waals surface area (Å²) in [7, 11) is 0. The zero-order valence-electron chi connectivity index (χ0n) is 32.1. The van der Waals surface area contributed by atoms with Crippen molar-refractivity contribution in [2.75, 3.05) is 13.2 Å². The molecule has 8 rings (SSSR count). The molecular weight excluding hydrogens is 668 g/mol. The smallest absolute Gasteiger partial charge is 0.306 e. The van der Waals surface area contributed by atoms with E-state index in [-0.39, 0.29) is 53.9 Å². The summed E-state index contributed by atoms with van der Waals surface area (Å²) in [5.74, 6) is 0.868. The number of hydrogen-bond acceptors (Lipinski definition) is 8. The predicted octanol–water partition coefficient (Wildman–Crippen LogP) is 7.95. The summed E-state index contributed by atoms with van der Waals surface area (Å²) in [6, 6.07) is 8.11. The van der Waals surface area contributed by atoms with E-state index in [2.05, 4.69) is 45.1 Å². The van der Waals surface area contributed by atoms with Crippen molar-refractivity contribution < 1.29 is 33.6 Å². The Morgan fingerprint density at radius 3 is 2.62 bits per heavy atom. The number of ether oxygens (including phenoxy) is 4. The van der Waals surface area contributed by atoms with E-state index in [0.717, 1.165) is 74.9 Å². The van der Waals surface area contributed by atoms with Gasteiger partial charge in [-0.3, -0.25) is 9.59 Å². The highest BCUT2D eigenvalue weighted by Crippen LogP contribution is 2.70. The highest BCUT2D eigenvalue weighted by Gasteiger charge is 2.76. The molecule has 5 fully saturated rings. The van der Waals surface area contributed by atoms with Crippen LogP contribution in [0.2, 0.25) is 0 Å². The molecule has 2 aromatic rings. The number of aromatic nitrogens is 2.